The summed E-state index contributed by atoms with van der Waals surface area (Å²) in [6.07, 6.45) is 9.79. The SMILES string of the molecule is CCCCN1C(=O)C(=C/C=C/C=C2/Sc3c(ccc4ccccc34)N2CCCS(=O)(=O)O)C(=O)N(CCCC)C1=O. The smallest absolute Gasteiger partial charge is 0.333 e. The van der Waals surface area contributed by atoms with E-state index in [2.05, 4.69) is 0 Å². The van der Waals surface area contributed by atoms with Gasteiger partial charge in [0.05, 0.1) is 16.5 Å². The van der Waals surface area contributed by atoms with Crippen LogP contribution < -0.4 is 4.90 Å². The number of thioether (sulfide) groups is 1. The van der Waals surface area contributed by atoms with Crippen LogP contribution in [0.15, 0.2) is 76.2 Å². The van der Waals surface area contributed by atoms with Crippen molar-refractivity contribution in [3.8, 4) is 0 Å². The first kappa shape index (κ1) is 30.5. The molecule has 4 rings (SSSR count). The number of fused-ring (bicyclic) bond motifs is 3. The summed E-state index contributed by atoms with van der Waals surface area (Å²) in [6.45, 7) is 4.84. The zero-order valence-corrected chi connectivity index (χ0v) is 24.9. The van der Waals surface area contributed by atoms with Gasteiger partial charge in [-0.15, -0.1) is 0 Å². The van der Waals surface area contributed by atoms with Crippen LogP contribution in [0.5, 0.6) is 0 Å². The van der Waals surface area contributed by atoms with Crippen molar-refractivity contribution >= 4 is 56.2 Å². The van der Waals surface area contributed by atoms with E-state index < -0.39 is 28.0 Å². The van der Waals surface area contributed by atoms with Crippen LogP contribution in [0.4, 0.5) is 10.5 Å². The number of carbonyl (C=O) groups excluding carboxylic acids is 3. The summed E-state index contributed by atoms with van der Waals surface area (Å²) in [5, 5.41) is 3.00. The number of barbiturate groups is 1. The normalized spacial score (nSPS) is 17.0. The van der Waals surface area contributed by atoms with Gasteiger partial charge in [-0.3, -0.25) is 23.9 Å². The molecule has 0 radical (unpaired) electrons. The first-order valence-electron chi connectivity index (χ1n) is 13.8. The minimum absolute atomic E-state index is 0.0511. The molecule has 41 heavy (non-hydrogen) atoms. The van der Waals surface area contributed by atoms with Crippen LogP contribution in [0.3, 0.4) is 0 Å². The Balaban J connectivity index is 1.61. The Labute approximate surface area is 245 Å². The molecule has 4 amide bonds. The molecule has 11 heteroatoms. The number of rotatable bonds is 12. The quantitative estimate of drug-likeness (QED) is 0.187. The molecule has 0 saturated carbocycles. The molecule has 0 atom stereocenters. The minimum atomic E-state index is -4.08. The molecule has 2 aromatic carbocycles. The predicted octanol–water partition coefficient (Wildman–Crippen LogP) is 5.74. The lowest BCUT2D eigenvalue weighted by Crippen LogP contribution is -2.56. The third-order valence-corrected chi connectivity index (χ3v) is 8.91. The van der Waals surface area contributed by atoms with Crippen molar-refractivity contribution in [2.75, 3.05) is 30.3 Å². The van der Waals surface area contributed by atoms with Crippen LogP contribution in [-0.4, -0.2) is 66.0 Å². The molecule has 9 nitrogen and oxygen atoms in total. The van der Waals surface area contributed by atoms with Crippen molar-refractivity contribution in [1.82, 2.24) is 9.80 Å². The number of urea groups is 1. The Bertz CT molecular complexity index is 1500. The summed E-state index contributed by atoms with van der Waals surface area (Å²) in [4.78, 5) is 44.5. The van der Waals surface area contributed by atoms with Crippen LogP contribution in [0.2, 0.25) is 0 Å². The van der Waals surface area contributed by atoms with Gasteiger partial charge in [-0.1, -0.05) is 80.9 Å². The second-order valence-electron chi connectivity index (χ2n) is 9.90. The first-order chi connectivity index (χ1) is 19.7. The Morgan fingerprint density at radius 3 is 2.05 bits per heavy atom. The fourth-order valence-electron chi connectivity index (χ4n) is 4.75. The number of benzene rings is 2. The number of nitrogens with zero attached hydrogens (tertiary/aromatic N) is 3. The number of unbranched alkanes of at least 4 members (excludes halogenated alkanes) is 2. The number of imide groups is 2. The maximum atomic E-state index is 13.1. The highest BCUT2D eigenvalue weighted by Crippen LogP contribution is 2.49. The zero-order chi connectivity index (χ0) is 29.6. The summed E-state index contributed by atoms with van der Waals surface area (Å²) in [5.74, 6) is -1.52. The first-order valence-corrected chi connectivity index (χ1v) is 16.3. The average Bonchev–Trinajstić information content (AvgIpc) is 3.29. The Morgan fingerprint density at radius 1 is 0.805 bits per heavy atom. The Morgan fingerprint density at radius 2 is 1.41 bits per heavy atom. The number of anilines is 1. The van der Waals surface area contributed by atoms with Crippen molar-refractivity contribution < 1.29 is 27.4 Å². The molecule has 2 aromatic rings. The van der Waals surface area contributed by atoms with E-state index in [1.54, 1.807) is 23.9 Å². The molecule has 2 heterocycles. The Kier molecular flexibility index (Phi) is 10.1. The third-order valence-electron chi connectivity index (χ3n) is 6.90. The van der Waals surface area contributed by atoms with E-state index in [1.165, 1.54) is 6.08 Å². The zero-order valence-electron chi connectivity index (χ0n) is 23.3. The topological polar surface area (TPSA) is 115 Å². The number of amides is 4. The largest absolute Gasteiger partial charge is 0.335 e. The molecule has 0 spiro atoms. The van der Waals surface area contributed by atoms with Gasteiger partial charge in [0.1, 0.15) is 5.57 Å². The molecule has 2 aliphatic rings. The van der Waals surface area contributed by atoms with E-state index in [9.17, 15) is 27.4 Å². The van der Waals surface area contributed by atoms with E-state index in [1.807, 2.05) is 61.2 Å². The highest BCUT2D eigenvalue weighted by Gasteiger charge is 2.41. The number of hydrogen-bond acceptors (Lipinski definition) is 7. The monoisotopic (exact) mass is 597 g/mol. The third kappa shape index (κ3) is 7.09. The van der Waals surface area contributed by atoms with Gasteiger partial charge < -0.3 is 4.90 Å². The molecule has 218 valence electrons. The second kappa shape index (κ2) is 13.5. The lowest BCUT2D eigenvalue weighted by Gasteiger charge is -2.33. The number of allylic oxidation sites excluding steroid dienone is 4. The number of hydrogen-bond donors (Lipinski definition) is 1. The van der Waals surface area contributed by atoms with Gasteiger partial charge in [-0.25, -0.2) is 4.79 Å². The highest BCUT2D eigenvalue weighted by atomic mass is 32.2. The lowest BCUT2D eigenvalue weighted by molar-refractivity contribution is -0.136. The van der Waals surface area contributed by atoms with Crippen LogP contribution in [-0.2, 0) is 19.7 Å². The molecule has 1 N–H and O–H groups in total. The molecule has 0 unspecified atom stereocenters. The summed E-state index contributed by atoms with van der Waals surface area (Å²) in [6, 6.07) is 11.5. The minimum Gasteiger partial charge on any atom is -0.335 e. The van der Waals surface area contributed by atoms with Crippen LogP contribution in [0.25, 0.3) is 10.8 Å². The van der Waals surface area contributed by atoms with Gasteiger partial charge in [-0.05, 0) is 48.3 Å². The van der Waals surface area contributed by atoms with Crippen molar-refractivity contribution in [1.29, 1.82) is 0 Å². The van der Waals surface area contributed by atoms with Gasteiger partial charge >= 0.3 is 6.03 Å². The van der Waals surface area contributed by atoms with E-state index >= 15 is 0 Å². The van der Waals surface area contributed by atoms with Crippen LogP contribution >= 0.6 is 11.8 Å². The molecule has 2 aliphatic heterocycles. The fourth-order valence-corrected chi connectivity index (χ4v) is 6.48. The molecular formula is C30H35N3O6S2. The molecular weight excluding hydrogens is 562 g/mol. The van der Waals surface area contributed by atoms with Gasteiger partial charge in [0.25, 0.3) is 21.9 Å². The van der Waals surface area contributed by atoms with Gasteiger partial charge in [0.2, 0.25) is 0 Å². The lowest BCUT2D eigenvalue weighted by atomic mass is 10.1. The Hall–Kier alpha value is -3.41. The van der Waals surface area contributed by atoms with E-state index in [-0.39, 0.29) is 30.8 Å². The summed E-state index contributed by atoms with van der Waals surface area (Å²) in [5.41, 5.74) is 0.890. The second-order valence-corrected chi connectivity index (χ2v) is 12.5. The van der Waals surface area contributed by atoms with Gasteiger partial charge in [0, 0.05) is 24.5 Å². The summed E-state index contributed by atoms with van der Waals surface area (Å²) < 4.78 is 31.9. The van der Waals surface area contributed by atoms with Gasteiger partial charge in [-0.2, -0.15) is 8.42 Å². The molecule has 1 saturated heterocycles. The number of carbonyl (C=O) groups is 3. The average molecular weight is 598 g/mol. The maximum Gasteiger partial charge on any atom is 0.333 e. The maximum absolute atomic E-state index is 13.1. The van der Waals surface area contributed by atoms with Gasteiger partial charge in [0.15, 0.2) is 0 Å². The predicted molar refractivity (Wildman–Crippen MR) is 162 cm³/mol. The van der Waals surface area contributed by atoms with Crippen molar-refractivity contribution in [3.63, 3.8) is 0 Å². The van der Waals surface area contributed by atoms with E-state index in [0.29, 0.717) is 19.4 Å². The standard InChI is InChI=1S/C30H35N3O6S2/c1-3-5-18-32-28(34)24(29(35)33(30(32)36)19-6-4-2)14-9-10-15-26-31(20-11-21-41(37,38)39)25-17-16-22-12-7-8-13-23(22)27(25)40-26/h7-10,12-17H,3-6,11,18-21H2,1-2H3,(H,37,38,39)/b10-9+,26-15+. The summed E-state index contributed by atoms with van der Waals surface area (Å²) in [7, 11) is -4.08. The molecule has 1 fully saturated rings. The van der Waals surface area contributed by atoms with E-state index in [4.69, 9.17) is 0 Å². The van der Waals surface area contributed by atoms with Crippen molar-refractivity contribution in [2.45, 2.75) is 50.8 Å². The van der Waals surface area contributed by atoms with Crippen molar-refractivity contribution in [2.24, 2.45) is 0 Å². The summed E-state index contributed by atoms with van der Waals surface area (Å²) >= 11 is 1.55. The molecule has 0 aliphatic carbocycles. The van der Waals surface area contributed by atoms with Crippen molar-refractivity contribution in [3.05, 3.63) is 71.3 Å². The molecule has 0 bridgehead atoms. The fraction of sp³-hybridized carbons (Fsp3) is 0.367. The molecule has 0 aromatic heterocycles. The van der Waals surface area contributed by atoms with E-state index in [0.717, 1.165) is 49.0 Å². The van der Waals surface area contributed by atoms with Crippen LogP contribution in [0.1, 0.15) is 46.0 Å². The van der Waals surface area contributed by atoms with Crippen LogP contribution in [0, 0.1) is 0 Å². The highest BCUT2D eigenvalue weighted by molar-refractivity contribution is 8.04.